The van der Waals surface area contributed by atoms with E-state index in [9.17, 15) is 19.2 Å². The van der Waals surface area contributed by atoms with Crippen LogP contribution in [-0.2, 0) is 5.88 Å². The van der Waals surface area contributed by atoms with Crippen molar-refractivity contribution in [1.82, 2.24) is 0 Å². The zero-order valence-electron chi connectivity index (χ0n) is 9.58. The van der Waals surface area contributed by atoms with Gasteiger partial charge in [-0.2, -0.15) is 0 Å². The molecule has 1 aromatic carbocycles. The van der Waals surface area contributed by atoms with Gasteiger partial charge < -0.3 is 20.4 Å². The second-order valence-corrected chi connectivity index (χ2v) is 3.82. The van der Waals surface area contributed by atoms with Gasteiger partial charge in [-0.25, -0.2) is 19.2 Å². The Morgan fingerprint density at radius 1 is 0.800 bits per heavy atom. The Morgan fingerprint density at radius 3 is 1.35 bits per heavy atom. The van der Waals surface area contributed by atoms with Crippen molar-refractivity contribution in [3.8, 4) is 0 Å². The molecule has 0 unspecified atom stereocenters. The highest BCUT2D eigenvalue weighted by atomic mass is 35.5. The normalized spacial score (nSPS) is 10.1. The molecule has 20 heavy (non-hydrogen) atoms. The SMILES string of the molecule is O=C(O)c1cc(C(=O)O)c(C(=O)O)c(CCl)c1C(=O)O. The minimum absolute atomic E-state index is 0.494. The third kappa shape index (κ3) is 2.54. The second kappa shape index (κ2) is 5.57. The van der Waals surface area contributed by atoms with E-state index >= 15 is 0 Å². The van der Waals surface area contributed by atoms with Crippen LogP contribution in [0.5, 0.6) is 0 Å². The fraction of sp³-hybridized carbons (Fsp3) is 0.0909. The number of carboxylic acid groups (broad SMARTS) is 4. The number of carboxylic acids is 4. The predicted molar refractivity (Wildman–Crippen MR) is 63.8 cm³/mol. The van der Waals surface area contributed by atoms with E-state index in [1.54, 1.807) is 0 Å². The molecule has 9 heteroatoms. The number of benzene rings is 1. The van der Waals surface area contributed by atoms with Gasteiger partial charge in [0.1, 0.15) is 0 Å². The zero-order chi connectivity index (χ0) is 15.6. The first-order valence-corrected chi connectivity index (χ1v) is 5.44. The molecule has 0 aliphatic heterocycles. The van der Waals surface area contributed by atoms with Crippen LogP contribution in [0, 0.1) is 0 Å². The molecule has 0 atom stereocenters. The number of hydrogen-bond acceptors (Lipinski definition) is 4. The molecule has 1 aromatic rings. The van der Waals surface area contributed by atoms with Crippen molar-refractivity contribution >= 4 is 35.5 Å². The van der Waals surface area contributed by atoms with Crippen molar-refractivity contribution < 1.29 is 39.6 Å². The molecule has 0 saturated carbocycles. The molecule has 0 aliphatic rings. The van der Waals surface area contributed by atoms with E-state index in [4.69, 9.17) is 32.0 Å². The van der Waals surface area contributed by atoms with Gasteiger partial charge in [0.15, 0.2) is 0 Å². The maximum atomic E-state index is 11.1. The summed E-state index contributed by atoms with van der Waals surface area (Å²) >= 11 is 5.47. The smallest absolute Gasteiger partial charge is 0.336 e. The molecule has 0 saturated heterocycles. The number of aromatic carboxylic acids is 4. The molecular weight excluding hydrogens is 296 g/mol. The Balaban J connectivity index is 3.99. The Kier molecular flexibility index (Phi) is 4.31. The van der Waals surface area contributed by atoms with E-state index in [1.807, 2.05) is 0 Å². The van der Waals surface area contributed by atoms with Gasteiger partial charge in [0.25, 0.3) is 0 Å². The Bertz CT molecular complexity index is 584. The van der Waals surface area contributed by atoms with Gasteiger partial charge >= 0.3 is 23.9 Å². The molecular formula is C11H7ClO8. The van der Waals surface area contributed by atoms with Crippen molar-refractivity contribution in [3.05, 3.63) is 33.9 Å². The lowest BCUT2D eigenvalue weighted by Crippen LogP contribution is -2.19. The molecule has 4 N–H and O–H groups in total. The van der Waals surface area contributed by atoms with Gasteiger partial charge in [0.2, 0.25) is 0 Å². The fourth-order valence-corrected chi connectivity index (χ4v) is 1.97. The maximum absolute atomic E-state index is 11.1. The van der Waals surface area contributed by atoms with Crippen molar-refractivity contribution in [3.63, 3.8) is 0 Å². The number of alkyl halides is 1. The van der Waals surface area contributed by atoms with E-state index in [0.717, 1.165) is 0 Å². The topological polar surface area (TPSA) is 149 Å². The van der Waals surface area contributed by atoms with Crippen LogP contribution in [-0.4, -0.2) is 44.3 Å². The Morgan fingerprint density at radius 2 is 1.15 bits per heavy atom. The van der Waals surface area contributed by atoms with E-state index < -0.39 is 57.6 Å². The van der Waals surface area contributed by atoms with Crippen LogP contribution in [0.4, 0.5) is 0 Å². The van der Waals surface area contributed by atoms with E-state index in [0.29, 0.717) is 6.07 Å². The van der Waals surface area contributed by atoms with Crippen LogP contribution in [0.2, 0.25) is 0 Å². The minimum atomic E-state index is -1.71. The zero-order valence-corrected chi connectivity index (χ0v) is 10.3. The van der Waals surface area contributed by atoms with Gasteiger partial charge in [0, 0.05) is 5.88 Å². The molecule has 0 bridgehead atoms. The molecule has 0 aliphatic carbocycles. The molecule has 0 aromatic heterocycles. The van der Waals surface area contributed by atoms with Crippen LogP contribution in [0.1, 0.15) is 47.0 Å². The number of hydrogen-bond donors (Lipinski definition) is 4. The second-order valence-electron chi connectivity index (χ2n) is 3.55. The van der Waals surface area contributed by atoms with Crippen LogP contribution in [0.15, 0.2) is 6.07 Å². The van der Waals surface area contributed by atoms with Crippen LogP contribution < -0.4 is 0 Å². The highest BCUT2D eigenvalue weighted by Crippen LogP contribution is 2.26. The van der Waals surface area contributed by atoms with Gasteiger partial charge in [-0.15, -0.1) is 11.6 Å². The first kappa shape index (κ1) is 15.4. The lowest BCUT2D eigenvalue weighted by Gasteiger charge is -2.13. The average Bonchev–Trinajstić information content (AvgIpc) is 2.34. The molecule has 1 rings (SSSR count). The maximum Gasteiger partial charge on any atom is 0.336 e. The highest BCUT2D eigenvalue weighted by molar-refractivity contribution is 6.20. The molecule has 0 radical (unpaired) electrons. The monoisotopic (exact) mass is 302 g/mol. The fourth-order valence-electron chi connectivity index (χ4n) is 1.70. The largest absolute Gasteiger partial charge is 0.478 e. The summed E-state index contributed by atoms with van der Waals surface area (Å²) in [6.45, 7) is 0. The van der Waals surface area contributed by atoms with Crippen molar-refractivity contribution in [2.24, 2.45) is 0 Å². The first-order chi connectivity index (χ1) is 9.22. The molecule has 0 spiro atoms. The summed E-state index contributed by atoms with van der Waals surface area (Å²) in [7, 11) is 0. The molecule has 8 nitrogen and oxygen atoms in total. The molecule has 0 amide bonds. The van der Waals surface area contributed by atoms with Gasteiger partial charge in [-0.1, -0.05) is 0 Å². The van der Waals surface area contributed by atoms with E-state index in [2.05, 4.69) is 0 Å². The van der Waals surface area contributed by atoms with Crippen LogP contribution in [0.3, 0.4) is 0 Å². The van der Waals surface area contributed by atoms with Crippen LogP contribution >= 0.6 is 11.6 Å². The van der Waals surface area contributed by atoms with Gasteiger partial charge in [0.05, 0.1) is 22.3 Å². The van der Waals surface area contributed by atoms with Crippen molar-refractivity contribution in [1.29, 1.82) is 0 Å². The highest BCUT2D eigenvalue weighted by Gasteiger charge is 2.30. The Labute approximate surface area is 115 Å². The summed E-state index contributed by atoms with van der Waals surface area (Å²) in [5.74, 6) is -7.48. The minimum Gasteiger partial charge on any atom is -0.478 e. The summed E-state index contributed by atoms with van der Waals surface area (Å²) in [6.07, 6.45) is 0. The van der Waals surface area contributed by atoms with Crippen LogP contribution in [0.25, 0.3) is 0 Å². The standard InChI is InChI=1S/C11H7ClO8/c12-2-5-6(10(17)18)3(8(13)14)1-4(9(15)16)7(5)11(19)20/h1H,2H2,(H,13,14)(H,15,16)(H,17,18)(H,19,20). The number of halogens is 1. The molecule has 106 valence electrons. The van der Waals surface area contributed by atoms with E-state index in [-0.39, 0.29) is 0 Å². The third-order valence-corrected chi connectivity index (χ3v) is 2.72. The van der Waals surface area contributed by atoms with Crippen molar-refractivity contribution in [2.75, 3.05) is 0 Å². The first-order valence-electron chi connectivity index (χ1n) is 4.91. The molecule has 0 fully saturated rings. The van der Waals surface area contributed by atoms with Crippen molar-refractivity contribution in [2.45, 2.75) is 5.88 Å². The van der Waals surface area contributed by atoms with Gasteiger partial charge in [-0.05, 0) is 11.6 Å². The average molecular weight is 303 g/mol. The number of carbonyl (C=O) groups is 4. The Hall–Kier alpha value is -2.61. The summed E-state index contributed by atoms with van der Waals surface area (Å²) in [4.78, 5) is 44.2. The lowest BCUT2D eigenvalue weighted by atomic mass is 9.92. The summed E-state index contributed by atoms with van der Waals surface area (Å²) in [6, 6.07) is 0.494. The summed E-state index contributed by atoms with van der Waals surface area (Å²) in [5.41, 5.74) is -3.92. The summed E-state index contributed by atoms with van der Waals surface area (Å²) in [5, 5.41) is 35.8. The predicted octanol–water partition coefficient (Wildman–Crippen LogP) is 1.22. The van der Waals surface area contributed by atoms with Gasteiger partial charge in [-0.3, -0.25) is 0 Å². The lowest BCUT2D eigenvalue weighted by molar-refractivity contribution is 0.0635. The van der Waals surface area contributed by atoms with E-state index in [1.165, 1.54) is 0 Å². The summed E-state index contributed by atoms with van der Waals surface area (Å²) < 4.78 is 0. The number of rotatable bonds is 5. The quantitative estimate of drug-likeness (QED) is 0.593. The third-order valence-electron chi connectivity index (χ3n) is 2.45. The molecule has 0 heterocycles.